The van der Waals surface area contributed by atoms with E-state index in [4.69, 9.17) is 5.73 Å². The van der Waals surface area contributed by atoms with E-state index < -0.39 is 23.6 Å². The molecule has 158 valence electrons. The SMILES string of the molecule is CN1C(=O)C(c2ccc(OC(F)(F)F)cc2)(c2cccc(-c3cccnc3)c2)N=C1N. The van der Waals surface area contributed by atoms with Gasteiger partial charge in [0.2, 0.25) is 0 Å². The molecule has 3 aromatic rings. The van der Waals surface area contributed by atoms with E-state index >= 15 is 0 Å². The van der Waals surface area contributed by atoms with Crippen molar-refractivity contribution in [3.63, 3.8) is 0 Å². The number of hydrogen-bond donors (Lipinski definition) is 1. The van der Waals surface area contributed by atoms with E-state index in [9.17, 15) is 18.0 Å². The van der Waals surface area contributed by atoms with Gasteiger partial charge >= 0.3 is 6.36 Å². The van der Waals surface area contributed by atoms with Gasteiger partial charge in [-0.1, -0.05) is 36.4 Å². The standard InChI is InChI=1S/C22H17F3N4O2/c1-29-19(30)21(28-20(29)26,16-7-9-18(10-8-16)31-22(23,24)25)17-6-2-4-14(12-17)15-5-3-11-27-13-15/h2-13H,1H3,(H2,26,28). The van der Waals surface area contributed by atoms with Crippen LogP contribution in [0.25, 0.3) is 11.1 Å². The first-order valence-corrected chi connectivity index (χ1v) is 9.21. The van der Waals surface area contributed by atoms with Crippen LogP contribution >= 0.6 is 0 Å². The van der Waals surface area contributed by atoms with Crippen LogP contribution in [-0.4, -0.2) is 35.2 Å². The van der Waals surface area contributed by atoms with Crippen LogP contribution in [0.5, 0.6) is 5.75 Å². The van der Waals surface area contributed by atoms with Gasteiger partial charge in [0.05, 0.1) is 0 Å². The number of benzene rings is 2. The Hall–Kier alpha value is -3.88. The zero-order valence-corrected chi connectivity index (χ0v) is 16.3. The number of alkyl halides is 3. The van der Waals surface area contributed by atoms with Gasteiger partial charge in [-0.3, -0.25) is 14.7 Å². The molecule has 0 radical (unpaired) electrons. The Morgan fingerprint density at radius 2 is 1.71 bits per heavy atom. The average Bonchev–Trinajstić information content (AvgIpc) is 2.99. The van der Waals surface area contributed by atoms with Crippen LogP contribution in [0, 0.1) is 0 Å². The van der Waals surface area contributed by atoms with Gasteiger partial charge in [-0.2, -0.15) is 0 Å². The highest BCUT2D eigenvalue weighted by molar-refractivity contribution is 6.09. The second kappa shape index (κ2) is 7.42. The third kappa shape index (κ3) is 3.70. The Kier molecular flexibility index (Phi) is 4.88. The van der Waals surface area contributed by atoms with Crippen molar-refractivity contribution in [2.24, 2.45) is 10.7 Å². The Morgan fingerprint density at radius 1 is 1.00 bits per heavy atom. The smallest absolute Gasteiger partial charge is 0.406 e. The molecule has 9 heteroatoms. The van der Waals surface area contributed by atoms with Crippen LogP contribution < -0.4 is 10.5 Å². The summed E-state index contributed by atoms with van der Waals surface area (Å²) in [5.41, 5.74) is 6.95. The molecule has 1 amide bonds. The normalized spacial score (nSPS) is 18.8. The summed E-state index contributed by atoms with van der Waals surface area (Å²) >= 11 is 0. The number of amides is 1. The molecule has 1 aliphatic rings. The minimum Gasteiger partial charge on any atom is -0.406 e. The number of nitrogens with two attached hydrogens (primary N) is 1. The summed E-state index contributed by atoms with van der Waals surface area (Å²) in [5, 5.41) is 0. The average molecular weight is 426 g/mol. The highest BCUT2D eigenvalue weighted by Gasteiger charge is 2.49. The Labute approximate surface area is 175 Å². The van der Waals surface area contributed by atoms with Gasteiger partial charge < -0.3 is 10.5 Å². The zero-order valence-electron chi connectivity index (χ0n) is 16.3. The van der Waals surface area contributed by atoms with E-state index in [-0.39, 0.29) is 5.96 Å². The Balaban J connectivity index is 1.84. The summed E-state index contributed by atoms with van der Waals surface area (Å²) in [4.78, 5) is 23.1. The first-order valence-electron chi connectivity index (χ1n) is 9.21. The number of rotatable bonds is 4. The number of ether oxygens (including phenoxy) is 1. The maximum Gasteiger partial charge on any atom is 0.573 e. The van der Waals surface area contributed by atoms with Gasteiger partial charge in [0, 0.05) is 19.4 Å². The van der Waals surface area contributed by atoms with Crippen LogP contribution in [0.2, 0.25) is 0 Å². The molecule has 0 spiro atoms. The number of aromatic nitrogens is 1. The van der Waals surface area contributed by atoms with Crippen molar-refractivity contribution in [3.05, 3.63) is 84.2 Å². The van der Waals surface area contributed by atoms with Gasteiger partial charge in [0.25, 0.3) is 5.91 Å². The third-order valence-electron chi connectivity index (χ3n) is 5.02. The van der Waals surface area contributed by atoms with E-state index in [2.05, 4.69) is 14.7 Å². The molecule has 2 aromatic carbocycles. The minimum absolute atomic E-state index is 0.00685. The van der Waals surface area contributed by atoms with E-state index in [1.165, 1.54) is 24.1 Å². The molecule has 0 saturated carbocycles. The van der Waals surface area contributed by atoms with Crippen molar-refractivity contribution in [2.75, 3.05) is 7.05 Å². The molecular formula is C22H17F3N4O2. The fraction of sp³-hybridized carbons (Fsp3) is 0.136. The summed E-state index contributed by atoms with van der Waals surface area (Å²) < 4.78 is 41.5. The molecular weight excluding hydrogens is 409 g/mol. The fourth-order valence-corrected chi connectivity index (χ4v) is 3.54. The van der Waals surface area contributed by atoms with E-state index in [1.807, 2.05) is 12.1 Å². The lowest BCUT2D eigenvalue weighted by Crippen LogP contribution is -2.41. The van der Waals surface area contributed by atoms with E-state index in [0.29, 0.717) is 11.1 Å². The van der Waals surface area contributed by atoms with Crippen molar-refractivity contribution in [1.29, 1.82) is 0 Å². The number of halogens is 3. The van der Waals surface area contributed by atoms with Crippen molar-refractivity contribution >= 4 is 11.9 Å². The lowest BCUT2D eigenvalue weighted by Gasteiger charge is -2.26. The molecule has 2 heterocycles. The summed E-state index contributed by atoms with van der Waals surface area (Å²) in [6.45, 7) is 0. The monoisotopic (exact) mass is 426 g/mol. The van der Waals surface area contributed by atoms with Gasteiger partial charge in [-0.05, 0) is 46.5 Å². The summed E-state index contributed by atoms with van der Waals surface area (Å²) in [5.74, 6) is -0.809. The van der Waals surface area contributed by atoms with Crippen LogP contribution in [0.1, 0.15) is 11.1 Å². The number of pyridine rings is 1. The Bertz CT molecular complexity index is 1150. The minimum atomic E-state index is -4.82. The third-order valence-corrected chi connectivity index (χ3v) is 5.02. The molecule has 4 rings (SSSR count). The molecule has 2 N–H and O–H groups in total. The van der Waals surface area contributed by atoms with Crippen molar-refractivity contribution in [2.45, 2.75) is 11.9 Å². The van der Waals surface area contributed by atoms with Gasteiger partial charge in [0.15, 0.2) is 11.5 Å². The topological polar surface area (TPSA) is 80.8 Å². The van der Waals surface area contributed by atoms with Gasteiger partial charge in [-0.25, -0.2) is 4.99 Å². The lowest BCUT2D eigenvalue weighted by molar-refractivity contribution is -0.274. The fourth-order valence-electron chi connectivity index (χ4n) is 3.54. The van der Waals surface area contributed by atoms with Crippen LogP contribution in [0.3, 0.4) is 0 Å². The van der Waals surface area contributed by atoms with Crippen molar-refractivity contribution in [3.8, 4) is 16.9 Å². The van der Waals surface area contributed by atoms with Crippen LogP contribution in [0.4, 0.5) is 13.2 Å². The largest absolute Gasteiger partial charge is 0.573 e. The lowest BCUT2D eigenvalue weighted by atomic mass is 9.82. The molecule has 1 atom stereocenters. The number of hydrogen-bond acceptors (Lipinski definition) is 5. The molecule has 0 aliphatic carbocycles. The predicted molar refractivity (Wildman–Crippen MR) is 108 cm³/mol. The number of carbonyl (C=O) groups excluding carboxylic acids is 1. The number of likely N-dealkylation sites (N-methyl/N-ethyl adjacent to an activating group) is 1. The summed E-state index contributed by atoms with van der Waals surface area (Å²) in [6, 6.07) is 15.9. The summed E-state index contributed by atoms with van der Waals surface area (Å²) in [6.07, 6.45) is -1.47. The Morgan fingerprint density at radius 3 is 2.29 bits per heavy atom. The van der Waals surface area contributed by atoms with Gasteiger partial charge in [-0.15, -0.1) is 13.2 Å². The molecule has 0 saturated heterocycles. The second-order valence-corrected chi connectivity index (χ2v) is 6.94. The first kappa shape index (κ1) is 20.4. The first-order chi connectivity index (χ1) is 14.7. The van der Waals surface area contributed by atoms with Gasteiger partial charge in [0.1, 0.15) is 5.75 Å². The van der Waals surface area contributed by atoms with Crippen molar-refractivity contribution in [1.82, 2.24) is 9.88 Å². The quantitative estimate of drug-likeness (QED) is 0.690. The molecule has 1 unspecified atom stereocenters. The van der Waals surface area contributed by atoms with E-state index in [0.717, 1.165) is 23.3 Å². The maximum atomic E-state index is 13.3. The number of aliphatic imine (C=N–C) groups is 1. The molecule has 1 aliphatic heterocycles. The number of nitrogens with zero attached hydrogens (tertiary/aromatic N) is 3. The highest BCUT2D eigenvalue weighted by Crippen LogP contribution is 2.41. The van der Waals surface area contributed by atoms with Crippen molar-refractivity contribution < 1.29 is 22.7 Å². The predicted octanol–water partition coefficient (Wildman–Crippen LogP) is 3.68. The zero-order chi connectivity index (χ0) is 22.2. The molecule has 6 nitrogen and oxygen atoms in total. The van der Waals surface area contributed by atoms with E-state index in [1.54, 1.807) is 36.7 Å². The molecule has 0 bridgehead atoms. The molecule has 31 heavy (non-hydrogen) atoms. The maximum absolute atomic E-state index is 13.3. The molecule has 0 fully saturated rings. The van der Waals surface area contributed by atoms with Crippen LogP contribution in [0.15, 0.2) is 78.0 Å². The second-order valence-electron chi connectivity index (χ2n) is 6.94. The number of carbonyl (C=O) groups is 1. The summed E-state index contributed by atoms with van der Waals surface area (Å²) in [7, 11) is 1.50. The number of guanidine groups is 1. The highest BCUT2D eigenvalue weighted by atomic mass is 19.4. The van der Waals surface area contributed by atoms with Crippen LogP contribution in [-0.2, 0) is 10.3 Å². The molecule has 1 aromatic heterocycles.